The van der Waals surface area contributed by atoms with Gasteiger partial charge in [-0.05, 0) is 19.1 Å². The van der Waals surface area contributed by atoms with Crippen molar-refractivity contribution in [3.05, 3.63) is 18.7 Å². The number of nitrogens with zero attached hydrogens (tertiary/aromatic N) is 2. The third-order valence-electron chi connectivity index (χ3n) is 2.11. The van der Waals surface area contributed by atoms with E-state index < -0.39 is 12.2 Å². The Morgan fingerprint density at radius 2 is 2.27 bits per heavy atom. The molecule has 5 heteroatoms. The summed E-state index contributed by atoms with van der Waals surface area (Å²) in [6, 6.07) is 0. The Hall–Kier alpha value is -0.520. The number of thioether (sulfide) groups is 1. The normalized spacial score (nSPS) is 15.1. The molecule has 0 radical (unpaired) electrons. The predicted octanol–water partition coefficient (Wildman–Crippen LogP) is 0.748. The van der Waals surface area contributed by atoms with E-state index in [0.29, 0.717) is 5.75 Å². The Labute approximate surface area is 94.3 Å². The van der Waals surface area contributed by atoms with Crippen LogP contribution in [0.3, 0.4) is 0 Å². The standard InChI is InChI=1S/C10H18N2O2S/c1-9(13)10(14)7-15-6-2-4-12-5-3-11-8-12/h3,5,8-10,13-14H,2,4,6-7H2,1H3. The Kier molecular flexibility index (Phi) is 5.75. The fourth-order valence-corrected chi connectivity index (χ4v) is 2.13. The molecule has 0 aliphatic rings. The van der Waals surface area contributed by atoms with Crippen LogP contribution < -0.4 is 0 Å². The molecule has 0 spiro atoms. The second-order valence-electron chi connectivity index (χ2n) is 3.54. The van der Waals surface area contributed by atoms with Crippen molar-refractivity contribution in [3.63, 3.8) is 0 Å². The van der Waals surface area contributed by atoms with Gasteiger partial charge in [-0.25, -0.2) is 4.98 Å². The van der Waals surface area contributed by atoms with Gasteiger partial charge >= 0.3 is 0 Å². The molecular weight excluding hydrogens is 212 g/mol. The van der Waals surface area contributed by atoms with Gasteiger partial charge in [0, 0.05) is 24.7 Å². The molecule has 1 aromatic heterocycles. The lowest BCUT2D eigenvalue weighted by atomic mass is 10.3. The van der Waals surface area contributed by atoms with Gasteiger partial charge in [-0.2, -0.15) is 11.8 Å². The largest absolute Gasteiger partial charge is 0.391 e. The maximum atomic E-state index is 9.32. The van der Waals surface area contributed by atoms with Crippen LogP contribution in [-0.4, -0.2) is 43.5 Å². The zero-order valence-corrected chi connectivity index (χ0v) is 9.73. The molecule has 0 bridgehead atoms. The van der Waals surface area contributed by atoms with E-state index in [1.54, 1.807) is 31.2 Å². The SMILES string of the molecule is CC(O)C(O)CSCCCn1ccnc1. The van der Waals surface area contributed by atoms with Crippen LogP contribution in [0.5, 0.6) is 0 Å². The molecule has 0 amide bonds. The highest BCUT2D eigenvalue weighted by molar-refractivity contribution is 7.99. The first-order chi connectivity index (χ1) is 7.20. The second kappa shape index (κ2) is 6.87. The highest BCUT2D eigenvalue weighted by Gasteiger charge is 2.09. The molecular formula is C10H18N2O2S. The highest BCUT2D eigenvalue weighted by Crippen LogP contribution is 2.08. The molecule has 0 aliphatic carbocycles. The third kappa shape index (κ3) is 5.20. The van der Waals surface area contributed by atoms with Gasteiger partial charge in [-0.1, -0.05) is 0 Å². The molecule has 0 aliphatic heterocycles. The number of hydrogen-bond donors (Lipinski definition) is 2. The molecule has 0 aromatic carbocycles. The summed E-state index contributed by atoms with van der Waals surface area (Å²) >= 11 is 1.67. The van der Waals surface area contributed by atoms with E-state index >= 15 is 0 Å². The van der Waals surface area contributed by atoms with Crippen LogP contribution in [0.1, 0.15) is 13.3 Å². The summed E-state index contributed by atoms with van der Waals surface area (Å²) in [6.07, 6.45) is 5.32. The Morgan fingerprint density at radius 3 is 2.87 bits per heavy atom. The Morgan fingerprint density at radius 1 is 1.47 bits per heavy atom. The number of aromatic nitrogens is 2. The monoisotopic (exact) mass is 230 g/mol. The number of aliphatic hydroxyl groups is 2. The minimum Gasteiger partial charge on any atom is -0.391 e. The van der Waals surface area contributed by atoms with Crippen molar-refractivity contribution in [1.29, 1.82) is 0 Å². The first kappa shape index (κ1) is 12.5. The summed E-state index contributed by atoms with van der Waals surface area (Å²) in [5, 5.41) is 18.4. The number of aliphatic hydroxyl groups excluding tert-OH is 2. The first-order valence-electron chi connectivity index (χ1n) is 5.10. The van der Waals surface area contributed by atoms with Crippen LogP contribution >= 0.6 is 11.8 Å². The maximum absolute atomic E-state index is 9.32. The zero-order valence-electron chi connectivity index (χ0n) is 8.91. The van der Waals surface area contributed by atoms with Crippen LogP contribution in [-0.2, 0) is 6.54 Å². The van der Waals surface area contributed by atoms with E-state index in [2.05, 4.69) is 4.98 Å². The van der Waals surface area contributed by atoms with Gasteiger partial charge in [-0.3, -0.25) is 0 Å². The molecule has 2 unspecified atom stereocenters. The Bertz CT molecular complexity index is 252. The lowest BCUT2D eigenvalue weighted by Crippen LogP contribution is -2.24. The summed E-state index contributed by atoms with van der Waals surface area (Å²) in [6.45, 7) is 2.56. The molecule has 2 atom stereocenters. The van der Waals surface area contributed by atoms with Gasteiger partial charge in [0.2, 0.25) is 0 Å². The molecule has 1 rings (SSSR count). The van der Waals surface area contributed by atoms with Crippen molar-refractivity contribution in [2.75, 3.05) is 11.5 Å². The van der Waals surface area contributed by atoms with Crippen molar-refractivity contribution < 1.29 is 10.2 Å². The van der Waals surface area contributed by atoms with Gasteiger partial charge in [0.15, 0.2) is 0 Å². The van der Waals surface area contributed by atoms with Gasteiger partial charge in [0.1, 0.15) is 0 Å². The predicted molar refractivity (Wildman–Crippen MR) is 61.9 cm³/mol. The van der Waals surface area contributed by atoms with E-state index in [0.717, 1.165) is 18.7 Å². The second-order valence-corrected chi connectivity index (χ2v) is 4.69. The highest BCUT2D eigenvalue weighted by atomic mass is 32.2. The third-order valence-corrected chi connectivity index (χ3v) is 3.26. The van der Waals surface area contributed by atoms with Crippen LogP contribution in [0.4, 0.5) is 0 Å². The molecule has 4 nitrogen and oxygen atoms in total. The number of imidazole rings is 1. The minimum atomic E-state index is -0.633. The summed E-state index contributed by atoms with van der Waals surface area (Å²) in [5.74, 6) is 1.59. The van der Waals surface area contributed by atoms with Crippen molar-refractivity contribution in [3.8, 4) is 0 Å². The van der Waals surface area contributed by atoms with Crippen LogP contribution in [0, 0.1) is 0 Å². The summed E-state index contributed by atoms with van der Waals surface area (Å²) < 4.78 is 2.03. The number of aryl methyl sites for hydroxylation is 1. The van der Waals surface area contributed by atoms with Gasteiger partial charge in [0.05, 0.1) is 18.5 Å². The van der Waals surface area contributed by atoms with E-state index in [-0.39, 0.29) is 0 Å². The zero-order chi connectivity index (χ0) is 11.1. The summed E-state index contributed by atoms with van der Waals surface area (Å²) in [5.41, 5.74) is 0. The van der Waals surface area contributed by atoms with Gasteiger partial charge in [-0.15, -0.1) is 0 Å². The summed E-state index contributed by atoms with van der Waals surface area (Å²) in [4.78, 5) is 3.96. The fourth-order valence-electron chi connectivity index (χ4n) is 1.11. The van der Waals surface area contributed by atoms with Crippen molar-refractivity contribution in [2.45, 2.75) is 32.1 Å². The average Bonchev–Trinajstić information content (AvgIpc) is 2.69. The Balaban J connectivity index is 1.98. The van der Waals surface area contributed by atoms with Crippen molar-refractivity contribution >= 4 is 11.8 Å². The molecule has 15 heavy (non-hydrogen) atoms. The average molecular weight is 230 g/mol. The molecule has 0 saturated carbocycles. The van der Waals surface area contributed by atoms with Crippen molar-refractivity contribution in [1.82, 2.24) is 9.55 Å². The van der Waals surface area contributed by atoms with E-state index in [1.807, 2.05) is 10.8 Å². The topological polar surface area (TPSA) is 58.3 Å². The molecule has 86 valence electrons. The van der Waals surface area contributed by atoms with Gasteiger partial charge in [0.25, 0.3) is 0 Å². The number of hydrogen-bond acceptors (Lipinski definition) is 4. The molecule has 1 heterocycles. The quantitative estimate of drug-likeness (QED) is 0.679. The first-order valence-corrected chi connectivity index (χ1v) is 6.25. The molecule has 1 aromatic rings. The lowest BCUT2D eigenvalue weighted by Gasteiger charge is -2.12. The number of rotatable bonds is 7. The molecule has 0 saturated heterocycles. The lowest BCUT2D eigenvalue weighted by molar-refractivity contribution is 0.0469. The van der Waals surface area contributed by atoms with E-state index in [1.165, 1.54) is 0 Å². The van der Waals surface area contributed by atoms with E-state index in [9.17, 15) is 5.11 Å². The minimum absolute atomic E-state index is 0.599. The smallest absolute Gasteiger partial charge is 0.0945 e. The van der Waals surface area contributed by atoms with Gasteiger partial charge < -0.3 is 14.8 Å². The maximum Gasteiger partial charge on any atom is 0.0945 e. The molecule has 0 fully saturated rings. The van der Waals surface area contributed by atoms with E-state index in [4.69, 9.17) is 5.11 Å². The van der Waals surface area contributed by atoms with Crippen LogP contribution in [0.15, 0.2) is 18.7 Å². The molecule has 2 N–H and O–H groups in total. The summed E-state index contributed by atoms with van der Waals surface area (Å²) in [7, 11) is 0. The fraction of sp³-hybridized carbons (Fsp3) is 0.700. The van der Waals surface area contributed by atoms with Crippen molar-refractivity contribution in [2.24, 2.45) is 0 Å². The van der Waals surface area contributed by atoms with Crippen LogP contribution in [0.2, 0.25) is 0 Å². The van der Waals surface area contributed by atoms with Crippen LogP contribution in [0.25, 0.3) is 0 Å².